The maximum absolute atomic E-state index is 12.1. The number of ether oxygens (including phenoxy) is 2. The third kappa shape index (κ3) is 2.53. The van der Waals surface area contributed by atoms with E-state index in [1.54, 1.807) is 6.20 Å². The van der Waals surface area contributed by atoms with Gasteiger partial charge in [-0.15, -0.1) is 6.42 Å². The maximum Gasteiger partial charge on any atom is 0.270 e. The van der Waals surface area contributed by atoms with E-state index in [4.69, 9.17) is 15.9 Å². The lowest BCUT2D eigenvalue weighted by Gasteiger charge is -2.17. The van der Waals surface area contributed by atoms with Crippen LogP contribution < -0.4 is 5.32 Å². The molecule has 1 aliphatic heterocycles. The smallest absolute Gasteiger partial charge is 0.270 e. The van der Waals surface area contributed by atoms with Crippen LogP contribution in [-0.4, -0.2) is 41.8 Å². The molecule has 0 aliphatic carbocycles. The Labute approximate surface area is 105 Å². The number of aromatic nitrogens is 2. The van der Waals surface area contributed by atoms with Gasteiger partial charge in [0.25, 0.3) is 5.91 Å². The van der Waals surface area contributed by atoms with Crippen LogP contribution in [0.5, 0.6) is 0 Å². The summed E-state index contributed by atoms with van der Waals surface area (Å²) in [5.74, 6) is 2.98. The third-order valence-corrected chi connectivity index (χ3v) is 2.70. The summed E-state index contributed by atoms with van der Waals surface area (Å²) in [5, 5.41) is 2.72. The highest BCUT2D eigenvalue weighted by Gasteiger charge is 2.20. The molecule has 2 rings (SSSR count). The minimum atomic E-state index is -0.437. The summed E-state index contributed by atoms with van der Waals surface area (Å²) in [6.07, 6.45) is 6.85. The Hall–Kier alpha value is -1.84. The van der Waals surface area contributed by atoms with E-state index < -0.39 is 6.04 Å². The predicted octanol–water partition coefficient (Wildman–Crippen LogP) is -0.209. The minimum Gasteiger partial charge on any atom is -0.382 e. The number of hydrogen-bond donors (Lipinski definition) is 1. The summed E-state index contributed by atoms with van der Waals surface area (Å²) in [4.78, 5) is 16.2. The lowest BCUT2D eigenvalue weighted by atomic mass is 10.3. The van der Waals surface area contributed by atoms with Gasteiger partial charge in [0, 0.05) is 13.7 Å². The number of nitrogens with zero attached hydrogens (tertiary/aromatic N) is 2. The van der Waals surface area contributed by atoms with Crippen LogP contribution in [0.15, 0.2) is 6.20 Å². The van der Waals surface area contributed by atoms with Crippen LogP contribution in [0, 0.1) is 12.3 Å². The van der Waals surface area contributed by atoms with Gasteiger partial charge in [-0.25, -0.2) is 4.98 Å². The van der Waals surface area contributed by atoms with Gasteiger partial charge in [0.05, 0.1) is 19.4 Å². The zero-order valence-electron chi connectivity index (χ0n) is 10.2. The Balaban J connectivity index is 2.09. The highest BCUT2D eigenvalue weighted by Crippen LogP contribution is 2.11. The van der Waals surface area contributed by atoms with Crippen LogP contribution in [-0.2, 0) is 22.6 Å². The Morgan fingerprint density at radius 2 is 2.67 bits per heavy atom. The van der Waals surface area contributed by atoms with Crippen molar-refractivity contribution in [3.63, 3.8) is 0 Å². The molecular formula is C12H15N3O3. The molecule has 0 saturated carbocycles. The number of terminal acetylenes is 1. The Morgan fingerprint density at radius 3 is 3.39 bits per heavy atom. The van der Waals surface area contributed by atoms with Crippen molar-refractivity contribution in [1.82, 2.24) is 14.9 Å². The number of carbonyl (C=O) groups is 1. The van der Waals surface area contributed by atoms with E-state index in [1.807, 2.05) is 4.57 Å². The molecule has 18 heavy (non-hydrogen) atoms. The number of nitrogens with one attached hydrogen (secondary N) is 1. The summed E-state index contributed by atoms with van der Waals surface area (Å²) in [6, 6.07) is -0.437. The molecule has 0 saturated heterocycles. The molecular weight excluding hydrogens is 234 g/mol. The van der Waals surface area contributed by atoms with Crippen LogP contribution >= 0.6 is 0 Å². The van der Waals surface area contributed by atoms with Crippen molar-refractivity contribution in [2.75, 3.05) is 20.3 Å². The Morgan fingerprint density at radius 1 is 1.83 bits per heavy atom. The lowest BCUT2D eigenvalue weighted by Crippen LogP contribution is -2.38. The van der Waals surface area contributed by atoms with Crippen molar-refractivity contribution < 1.29 is 14.3 Å². The van der Waals surface area contributed by atoms with Crippen LogP contribution in [0.2, 0.25) is 0 Å². The van der Waals surface area contributed by atoms with Gasteiger partial charge in [-0.2, -0.15) is 0 Å². The molecule has 1 N–H and O–H groups in total. The molecule has 1 atom stereocenters. The molecule has 96 valence electrons. The third-order valence-electron chi connectivity index (χ3n) is 2.70. The quantitative estimate of drug-likeness (QED) is 0.750. The highest BCUT2D eigenvalue weighted by atomic mass is 16.5. The summed E-state index contributed by atoms with van der Waals surface area (Å²) >= 11 is 0. The highest BCUT2D eigenvalue weighted by molar-refractivity contribution is 5.93. The summed E-state index contributed by atoms with van der Waals surface area (Å²) in [6.45, 7) is 1.93. The van der Waals surface area contributed by atoms with E-state index in [0.717, 1.165) is 5.82 Å². The minimum absolute atomic E-state index is 0.240. The molecule has 0 fully saturated rings. The standard InChI is InChI=1S/C12H15N3O3/c1-3-9(7-17-2)14-12(16)10-6-13-11-8-18-5-4-15(10)11/h1,6,9H,4-5,7-8H2,2H3,(H,14,16)/t9-/m0/s1. The van der Waals surface area contributed by atoms with Crippen molar-refractivity contribution in [2.45, 2.75) is 19.2 Å². The number of amides is 1. The Kier molecular flexibility index (Phi) is 3.97. The number of carbonyl (C=O) groups excluding carboxylic acids is 1. The normalized spacial score (nSPS) is 15.6. The van der Waals surface area contributed by atoms with Crippen molar-refractivity contribution >= 4 is 5.91 Å². The largest absolute Gasteiger partial charge is 0.382 e. The molecule has 1 aromatic heterocycles. The monoisotopic (exact) mass is 249 g/mol. The maximum atomic E-state index is 12.1. The van der Waals surface area contributed by atoms with E-state index in [-0.39, 0.29) is 12.5 Å². The van der Waals surface area contributed by atoms with Crippen molar-refractivity contribution in [1.29, 1.82) is 0 Å². The van der Waals surface area contributed by atoms with Crippen molar-refractivity contribution in [3.8, 4) is 12.3 Å². The van der Waals surface area contributed by atoms with Crippen LogP contribution in [0.3, 0.4) is 0 Å². The molecule has 0 spiro atoms. The van der Waals surface area contributed by atoms with Gasteiger partial charge in [0.1, 0.15) is 24.2 Å². The van der Waals surface area contributed by atoms with E-state index in [1.165, 1.54) is 7.11 Å². The second kappa shape index (κ2) is 5.67. The lowest BCUT2D eigenvalue weighted by molar-refractivity contribution is 0.0771. The second-order valence-corrected chi connectivity index (χ2v) is 3.91. The average molecular weight is 249 g/mol. The van der Waals surface area contributed by atoms with Gasteiger partial charge in [-0.05, 0) is 0 Å². The topological polar surface area (TPSA) is 65.4 Å². The average Bonchev–Trinajstić information content (AvgIpc) is 2.82. The van der Waals surface area contributed by atoms with Crippen LogP contribution in [0.25, 0.3) is 0 Å². The first-order valence-corrected chi connectivity index (χ1v) is 5.64. The van der Waals surface area contributed by atoms with Crippen molar-refractivity contribution in [3.05, 3.63) is 17.7 Å². The van der Waals surface area contributed by atoms with Gasteiger partial charge >= 0.3 is 0 Å². The zero-order chi connectivity index (χ0) is 13.0. The fourth-order valence-electron chi connectivity index (χ4n) is 1.81. The molecule has 2 heterocycles. The first-order valence-electron chi connectivity index (χ1n) is 5.64. The molecule has 0 radical (unpaired) electrons. The first kappa shape index (κ1) is 12.6. The molecule has 6 heteroatoms. The van der Waals surface area contributed by atoms with Crippen molar-refractivity contribution in [2.24, 2.45) is 0 Å². The predicted molar refractivity (Wildman–Crippen MR) is 63.8 cm³/mol. The van der Waals surface area contributed by atoms with Gasteiger partial charge in [-0.3, -0.25) is 4.79 Å². The first-order chi connectivity index (χ1) is 8.76. The number of hydrogen-bond acceptors (Lipinski definition) is 4. The Bertz CT molecular complexity index is 475. The fraction of sp³-hybridized carbons (Fsp3) is 0.500. The van der Waals surface area contributed by atoms with Crippen LogP contribution in [0.4, 0.5) is 0 Å². The molecule has 0 bridgehead atoms. The number of fused-ring (bicyclic) bond motifs is 1. The SMILES string of the molecule is C#C[C@@H](COC)NC(=O)c1cnc2n1CCOC2. The molecule has 1 aliphatic rings. The van der Waals surface area contributed by atoms with E-state index in [9.17, 15) is 4.79 Å². The fourth-order valence-corrected chi connectivity index (χ4v) is 1.81. The number of rotatable bonds is 4. The van der Waals surface area contributed by atoms with Crippen LogP contribution in [0.1, 0.15) is 16.3 Å². The van der Waals surface area contributed by atoms with Gasteiger partial charge in [0.15, 0.2) is 0 Å². The molecule has 0 unspecified atom stereocenters. The number of imidazole rings is 1. The molecule has 1 amide bonds. The van der Waals surface area contributed by atoms with E-state index >= 15 is 0 Å². The summed E-state index contributed by atoms with van der Waals surface area (Å²) < 4.78 is 12.0. The van der Waals surface area contributed by atoms with E-state index in [0.29, 0.717) is 25.5 Å². The molecule has 6 nitrogen and oxygen atoms in total. The van der Waals surface area contributed by atoms with E-state index in [2.05, 4.69) is 16.2 Å². The second-order valence-electron chi connectivity index (χ2n) is 3.91. The van der Waals surface area contributed by atoms with Gasteiger partial charge in [-0.1, -0.05) is 5.92 Å². The van der Waals surface area contributed by atoms with Gasteiger partial charge in [0.2, 0.25) is 0 Å². The molecule has 1 aromatic rings. The summed E-state index contributed by atoms with van der Waals surface area (Å²) in [5.41, 5.74) is 0.504. The molecule has 0 aromatic carbocycles. The zero-order valence-corrected chi connectivity index (χ0v) is 10.2. The number of methoxy groups -OCH3 is 1. The summed E-state index contributed by atoms with van der Waals surface area (Å²) in [7, 11) is 1.54. The van der Waals surface area contributed by atoms with Gasteiger partial charge < -0.3 is 19.4 Å².